The van der Waals surface area contributed by atoms with Crippen LogP contribution in [0.1, 0.15) is 30.6 Å². The van der Waals surface area contributed by atoms with Crippen LogP contribution in [0.15, 0.2) is 18.2 Å². The third-order valence-electron chi connectivity index (χ3n) is 2.71. The van der Waals surface area contributed by atoms with Crippen molar-refractivity contribution in [3.8, 4) is 11.5 Å². The van der Waals surface area contributed by atoms with Gasteiger partial charge in [-0.05, 0) is 25.5 Å². The van der Waals surface area contributed by atoms with Crippen molar-refractivity contribution in [3.63, 3.8) is 0 Å². The van der Waals surface area contributed by atoms with Gasteiger partial charge < -0.3 is 14.2 Å². The Morgan fingerprint density at radius 1 is 1.17 bits per heavy atom. The fourth-order valence-electron chi connectivity index (χ4n) is 1.84. The molecule has 18 heavy (non-hydrogen) atoms. The monoisotopic (exact) mass is 252 g/mol. The number of hydrogen-bond acceptors (Lipinski definition) is 4. The fourth-order valence-corrected chi connectivity index (χ4v) is 1.84. The maximum Gasteiger partial charge on any atom is 0.199 e. The van der Waals surface area contributed by atoms with E-state index in [2.05, 4.69) is 0 Å². The molecule has 0 fully saturated rings. The van der Waals surface area contributed by atoms with Crippen LogP contribution in [-0.2, 0) is 4.74 Å². The first kappa shape index (κ1) is 14.5. The van der Waals surface area contributed by atoms with E-state index < -0.39 is 6.10 Å². The van der Waals surface area contributed by atoms with Crippen LogP contribution in [0, 0.1) is 0 Å². The maximum atomic E-state index is 12.4. The predicted molar refractivity (Wildman–Crippen MR) is 69.6 cm³/mol. The molecule has 1 unspecified atom stereocenters. The largest absolute Gasteiger partial charge is 0.496 e. The highest BCUT2D eigenvalue weighted by molar-refractivity contribution is 6.04. The molecule has 0 spiro atoms. The van der Waals surface area contributed by atoms with Crippen molar-refractivity contribution in [1.29, 1.82) is 0 Å². The minimum Gasteiger partial charge on any atom is -0.496 e. The first-order valence-corrected chi connectivity index (χ1v) is 6.06. The smallest absolute Gasteiger partial charge is 0.199 e. The lowest BCUT2D eigenvalue weighted by molar-refractivity contribution is 0.0438. The minimum atomic E-state index is -0.458. The molecule has 0 bridgehead atoms. The Balaban J connectivity index is 3.16. The van der Waals surface area contributed by atoms with Crippen LogP contribution in [0.5, 0.6) is 11.5 Å². The van der Waals surface area contributed by atoms with E-state index >= 15 is 0 Å². The Kier molecular flexibility index (Phi) is 5.65. The Morgan fingerprint density at radius 3 is 2.11 bits per heavy atom. The molecule has 1 aromatic carbocycles. The molecule has 0 aromatic heterocycles. The molecular formula is C14H20O4. The van der Waals surface area contributed by atoms with Crippen LogP contribution >= 0.6 is 0 Å². The van der Waals surface area contributed by atoms with Gasteiger partial charge in [0.15, 0.2) is 5.78 Å². The van der Waals surface area contributed by atoms with Crippen molar-refractivity contribution in [2.24, 2.45) is 0 Å². The number of ketones is 1. The zero-order valence-corrected chi connectivity index (χ0v) is 11.4. The second-order valence-corrected chi connectivity index (χ2v) is 3.75. The molecule has 4 heteroatoms. The van der Waals surface area contributed by atoms with Gasteiger partial charge in [-0.1, -0.05) is 13.0 Å². The second-order valence-electron chi connectivity index (χ2n) is 3.75. The Labute approximate surface area is 108 Å². The van der Waals surface area contributed by atoms with Gasteiger partial charge in [-0.2, -0.15) is 0 Å². The zero-order valence-electron chi connectivity index (χ0n) is 11.4. The molecule has 1 aromatic rings. The summed E-state index contributed by atoms with van der Waals surface area (Å²) in [6.45, 7) is 4.29. The molecule has 0 heterocycles. The third kappa shape index (κ3) is 3.01. The number of carbonyl (C=O) groups excluding carboxylic acids is 1. The van der Waals surface area contributed by atoms with Gasteiger partial charge in [0.25, 0.3) is 0 Å². The maximum absolute atomic E-state index is 12.4. The molecule has 0 aliphatic rings. The van der Waals surface area contributed by atoms with Crippen LogP contribution in [-0.4, -0.2) is 32.7 Å². The Bertz CT molecular complexity index is 379. The van der Waals surface area contributed by atoms with Gasteiger partial charge in [-0.3, -0.25) is 4.79 Å². The van der Waals surface area contributed by atoms with Crippen LogP contribution in [0.3, 0.4) is 0 Å². The number of Topliss-reactive ketones (excluding diaryl/α,β-unsaturated/α-hetero) is 1. The summed E-state index contributed by atoms with van der Waals surface area (Å²) in [6, 6.07) is 5.28. The van der Waals surface area contributed by atoms with Gasteiger partial charge in [0.2, 0.25) is 0 Å². The molecule has 100 valence electrons. The van der Waals surface area contributed by atoms with Crippen molar-refractivity contribution in [2.45, 2.75) is 26.4 Å². The van der Waals surface area contributed by atoms with E-state index in [1.54, 1.807) is 18.2 Å². The van der Waals surface area contributed by atoms with E-state index in [1.165, 1.54) is 14.2 Å². The average Bonchev–Trinajstić information content (AvgIpc) is 2.42. The molecule has 0 aliphatic heterocycles. The molecule has 1 atom stereocenters. The molecule has 0 amide bonds. The van der Waals surface area contributed by atoms with Gasteiger partial charge in [-0.25, -0.2) is 0 Å². The molecule has 1 rings (SSSR count). The number of hydrogen-bond donors (Lipinski definition) is 0. The summed E-state index contributed by atoms with van der Waals surface area (Å²) >= 11 is 0. The SMILES string of the molecule is CCOC(CC)C(=O)c1c(OC)cccc1OC. The van der Waals surface area contributed by atoms with Gasteiger partial charge in [0.1, 0.15) is 23.2 Å². The normalized spacial score (nSPS) is 12.0. The average molecular weight is 252 g/mol. The van der Waals surface area contributed by atoms with Crippen molar-refractivity contribution < 1.29 is 19.0 Å². The van der Waals surface area contributed by atoms with E-state index in [0.717, 1.165) is 0 Å². The lowest BCUT2D eigenvalue weighted by atomic mass is 10.0. The summed E-state index contributed by atoms with van der Waals surface area (Å²) in [5, 5.41) is 0. The van der Waals surface area contributed by atoms with Gasteiger partial charge in [0, 0.05) is 6.61 Å². The van der Waals surface area contributed by atoms with Gasteiger partial charge >= 0.3 is 0 Å². The molecular weight excluding hydrogens is 232 g/mol. The molecule has 0 N–H and O–H groups in total. The van der Waals surface area contributed by atoms with Crippen LogP contribution < -0.4 is 9.47 Å². The summed E-state index contributed by atoms with van der Waals surface area (Å²) in [5.41, 5.74) is 0.447. The van der Waals surface area contributed by atoms with Crippen molar-refractivity contribution in [1.82, 2.24) is 0 Å². The van der Waals surface area contributed by atoms with E-state index in [4.69, 9.17) is 14.2 Å². The molecule has 0 saturated heterocycles. The summed E-state index contributed by atoms with van der Waals surface area (Å²) in [6.07, 6.45) is 0.161. The fraction of sp³-hybridized carbons (Fsp3) is 0.500. The summed E-state index contributed by atoms with van der Waals surface area (Å²) < 4.78 is 15.9. The highest BCUT2D eigenvalue weighted by atomic mass is 16.5. The van der Waals surface area contributed by atoms with Crippen LogP contribution in [0.4, 0.5) is 0 Å². The highest BCUT2D eigenvalue weighted by Crippen LogP contribution is 2.30. The number of methoxy groups -OCH3 is 2. The topological polar surface area (TPSA) is 44.8 Å². The van der Waals surface area contributed by atoms with Crippen molar-refractivity contribution in [2.75, 3.05) is 20.8 Å². The minimum absolute atomic E-state index is 0.103. The van der Waals surface area contributed by atoms with E-state index in [9.17, 15) is 4.79 Å². The summed E-state index contributed by atoms with van der Waals surface area (Å²) in [5.74, 6) is 0.920. The number of ether oxygens (including phenoxy) is 3. The second kappa shape index (κ2) is 7.01. The number of rotatable bonds is 7. The first-order chi connectivity index (χ1) is 8.69. The van der Waals surface area contributed by atoms with Crippen molar-refractivity contribution >= 4 is 5.78 Å². The van der Waals surface area contributed by atoms with Gasteiger partial charge in [0.05, 0.1) is 14.2 Å². The molecule has 4 nitrogen and oxygen atoms in total. The molecule has 0 aliphatic carbocycles. The standard InChI is InChI=1S/C14H20O4/c1-5-10(18-6-2)14(15)13-11(16-3)8-7-9-12(13)17-4/h7-10H,5-6H2,1-4H3. The summed E-state index contributed by atoms with van der Waals surface area (Å²) in [7, 11) is 3.07. The lowest BCUT2D eigenvalue weighted by Gasteiger charge is -2.17. The van der Waals surface area contributed by atoms with Crippen LogP contribution in [0.2, 0.25) is 0 Å². The third-order valence-corrected chi connectivity index (χ3v) is 2.71. The number of benzene rings is 1. The molecule has 0 saturated carbocycles. The number of carbonyl (C=O) groups is 1. The van der Waals surface area contributed by atoms with Crippen molar-refractivity contribution in [3.05, 3.63) is 23.8 Å². The van der Waals surface area contributed by atoms with Gasteiger partial charge in [-0.15, -0.1) is 0 Å². The quantitative estimate of drug-likeness (QED) is 0.700. The first-order valence-electron chi connectivity index (χ1n) is 6.06. The lowest BCUT2D eigenvalue weighted by Crippen LogP contribution is -2.24. The van der Waals surface area contributed by atoms with Crippen LogP contribution in [0.25, 0.3) is 0 Å². The Hall–Kier alpha value is -1.55. The van der Waals surface area contributed by atoms with E-state index in [-0.39, 0.29) is 5.78 Å². The van der Waals surface area contributed by atoms with E-state index in [0.29, 0.717) is 30.1 Å². The molecule has 0 radical (unpaired) electrons. The zero-order chi connectivity index (χ0) is 13.5. The predicted octanol–water partition coefficient (Wildman–Crippen LogP) is 2.70. The van der Waals surface area contributed by atoms with E-state index in [1.807, 2.05) is 13.8 Å². The highest BCUT2D eigenvalue weighted by Gasteiger charge is 2.25. The summed E-state index contributed by atoms with van der Waals surface area (Å²) in [4.78, 5) is 12.4. The Morgan fingerprint density at radius 2 is 1.72 bits per heavy atom.